The van der Waals surface area contributed by atoms with E-state index >= 15 is 0 Å². The number of aliphatic carboxylic acids is 2. The van der Waals surface area contributed by atoms with Crippen LogP contribution in [0.4, 0.5) is 0 Å². The molecule has 42 valence electrons. The van der Waals surface area contributed by atoms with E-state index in [0.29, 0.717) is 0 Å². The fraction of sp³-hybridized carbons (Fsp3) is 0. The van der Waals surface area contributed by atoms with Crippen LogP contribution in [0.1, 0.15) is 0 Å². The van der Waals surface area contributed by atoms with Crippen molar-refractivity contribution in [1.29, 1.82) is 0 Å². The van der Waals surface area contributed by atoms with E-state index in [0.717, 1.165) is 0 Å². The fourth-order valence-corrected chi connectivity index (χ4v) is 0. The molecule has 0 aliphatic heterocycles. The molecule has 0 unspecified atom stereocenters. The molecule has 0 radical (unpaired) electrons. The Morgan fingerprint density at radius 2 is 1.25 bits per heavy atom. The van der Waals surface area contributed by atoms with E-state index in [4.69, 9.17) is 24.0 Å². The summed E-state index contributed by atoms with van der Waals surface area (Å²) >= 11 is 1.42. The van der Waals surface area contributed by atoms with Gasteiger partial charge in [-0.25, -0.2) is 0 Å². The normalized spacial score (nSPS) is 6.38. The molecule has 0 fully saturated rings. The third-order valence-electron chi connectivity index (χ3n) is 0.167. The molecule has 0 aromatic carbocycles. The maximum atomic E-state index is 8.93. The number of carboxylic acid groups (broad SMARTS) is 2. The fourth-order valence-electron chi connectivity index (χ4n) is 0. The Kier molecular flexibility index (Phi) is 8.38. The van der Waals surface area contributed by atoms with Crippen molar-refractivity contribution in [2.45, 2.75) is 0 Å². The number of hydrogen-bond acceptors (Lipinski definition) is 5. The minimum atomic E-state index is -2.19. The van der Waals surface area contributed by atoms with Crippen LogP contribution in [0.25, 0.3) is 0 Å². The van der Waals surface area contributed by atoms with Crippen molar-refractivity contribution in [3.05, 3.63) is 0 Å². The molecule has 6 heteroatoms. The van der Waals surface area contributed by atoms with Gasteiger partial charge in [-0.15, -0.1) is 0 Å². The molecular formula is C2HAlO5. The van der Waals surface area contributed by atoms with Crippen LogP contribution < -0.4 is 10.2 Å². The Labute approximate surface area is 53.3 Å². The third-order valence-corrected chi connectivity index (χ3v) is 0.167. The number of rotatable bonds is 0. The Bertz CT molecular complexity index is 76.4. The minimum absolute atomic E-state index is 1.42. The van der Waals surface area contributed by atoms with Crippen molar-refractivity contribution in [2.75, 3.05) is 0 Å². The molecule has 0 bridgehead atoms. The molecule has 5 nitrogen and oxygen atoms in total. The molecule has 0 rings (SSSR count). The van der Waals surface area contributed by atoms with Gasteiger partial charge in [0.1, 0.15) is 0 Å². The standard InChI is InChI=1S/C2H2O4.Al.H2O/c3-1(4)2(5)6;;/h(H,3,4)(H,5,6);;1H2/q;+3;/p-3. The van der Waals surface area contributed by atoms with Crippen LogP contribution in [0.5, 0.6) is 0 Å². The van der Waals surface area contributed by atoms with Crippen molar-refractivity contribution < 1.29 is 24.0 Å². The second-order valence-corrected chi connectivity index (χ2v) is 0.575. The van der Waals surface area contributed by atoms with Gasteiger partial charge >= 0.3 is 20.8 Å². The first-order chi connectivity index (χ1) is 3.64. The molecule has 0 aliphatic carbocycles. The molecule has 0 atom stereocenters. The summed E-state index contributed by atoms with van der Waals surface area (Å²) in [5.41, 5.74) is 0. The van der Waals surface area contributed by atoms with Crippen molar-refractivity contribution in [3.8, 4) is 0 Å². The molecule has 0 aliphatic rings. The summed E-state index contributed by atoms with van der Waals surface area (Å²) in [6.07, 6.45) is 0. The Balaban J connectivity index is 0. The second-order valence-electron chi connectivity index (χ2n) is 0.575. The van der Waals surface area contributed by atoms with Gasteiger partial charge in [0.25, 0.3) is 0 Å². The molecule has 0 saturated heterocycles. The quantitative estimate of drug-likeness (QED) is 0.264. The van der Waals surface area contributed by atoms with Crippen LogP contribution in [0.3, 0.4) is 0 Å². The monoisotopic (exact) mass is 132 g/mol. The summed E-state index contributed by atoms with van der Waals surface area (Å²) in [7, 11) is 0. The maximum absolute atomic E-state index is 8.93. The molecule has 1 N–H and O–H groups in total. The van der Waals surface area contributed by atoms with Crippen LogP contribution in [0, 0.1) is 0 Å². The molecule has 0 aromatic heterocycles. The van der Waals surface area contributed by atoms with Crippen LogP contribution in [-0.2, 0) is 9.59 Å². The van der Waals surface area contributed by atoms with E-state index in [1.807, 2.05) is 0 Å². The van der Waals surface area contributed by atoms with Gasteiger partial charge in [-0.05, 0) is 0 Å². The zero-order valence-electron chi connectivity index (χ0n) is 3.66. The van der Waals surface area contributed by atoms with Gasteiger partial charge in [0.05, 0.1) is 11.9 Å². The predicted octanol–water partition coefficient (Wildman–Crippen LogP) is -4.45. The van der Waals surface area contributed by atoms with Crippen LogP contribution >= 0.6 is 0 Å². The zero-order chi connectivity index (χ0) is 7.15. The van der Waals surface area contributed by atoms with E-state index < -0.39 is 11.9 Å². The Morgan fingerprint density at radius 1 is 1.12 bits per heavy atom. The zero-order valence-corrected chi connectivity index (χ0v) is 4.81. The first-order valence-electron chi connectivity index (χ1n) is 1.32. The summed E-state index contributed by atoms with van der Waals surface area (Å²) in [5, 5.41) is 17.9. The second kappa shape index (κ2) is 6.43. The number of carboxylic acids is 2. The first-order valence-corrected chi connectivity index (χ1v) is 1.84. The average molecular weight is 132 g/mol. The molecule has 0 spiro atoms. The van der Waals surface area contributed by atoms with Crippen molar-refractivity contribution >= 4 is 28.6 Å². The van der Waals surface area contributed by atoms with Crippen LogP contribution in [0.2, 0.25) is 0 Å². The van der Waals surface area contributed by atoms with Crippen LogP contribution in [-0.4, -0.2) is 32.7 Å². The van der Waals surface area contributed by atoms with Gasteiger partial charge in [0, 0.05) is 0 Å². The van der Waals surface area contributed by atoms with E-state index in [9.17, 15) is 0 Å². The van der Waals surface area contributed by atoms with Crippen LogP contribution in [0.15, 0.2) is 0 Å². The van der Waals surface area contributed by atoms with Gasteiger partial charge in [-0.1, -0.05) is 0 Å². The van der Waals surface area contributed by atoms with Gasteiger partial charge in [-0.2, -0.15) is 0 Å². The summed E-state index contributed by atoms with van der Waals surface area (Å²) in [6.45, 7) is 0. The summed E-state index contributed by atoms with van der Waals surface area (Å²) in [4.78, 5) is 17.9. The molecular weight excluding hydrogens is 131 g/mol. The van der Waals surface area contributed by atoms with Crippen molar-refractivity contribution in [1.82, 2.24) is 0 Å². The molecule has 0 aromatic rings. The van der Waals surface area contributed by atoms with E-state index in [-0.39, 0.29) is 0 Å². The number of carbonyl (C=O) groups is 2. The summed E-state index contributed by atoms with van der Waals surface area (Å²) < 4.78 is 6.92. The SMILES string of the molecule is O=C([O-])C(=O)[O-].[OH][Al+2]. The van der Waals surface area contributed by atoms with E-state index in [1.165, 1.54) is 16.6 Å². The average Bonchev–Trinajstić information content (AvgIpc) is 1.72. The third kappa shape index (κ3) is 9.06. The van der Waals surface area contributed by atoms with Crippen molar-refractivity contribution in [2.24, 2.45) is 0 Å². The first kappa shape index (κ1) is 10.4. The number of hydrogen-bond donors (Lipinski definition) is 1. The van der Waals surface area contributed by atoms with Gasteiger partial charge in [-0.3, -0.25) is 0 Å². The number of carbonyl (C=O) groups excluding carboxylic acids is 2. The van der Waals surface area contributed by atoms with Gasteiger partial charge in [0.15, 0.2) is 0 Å². The van der Waals surface area contributed by atoms with Crippen molar-refractivity contribution in [3.63, 3.8) is 0 Å². The summed E-state index contributed by atoms with van der Waals surface area (Å²) in [6, 6.07) is 0. The molecule has 0 heterocycles. The Morgan fingerprint density at radius 3 is 1.25 bits per heavy atom. The van der Waals surface area contributed by atoms with Gasteiger partial charge < -0.3 is 19.8 Å². The van der Waals surface area contributed by atoms with E-state index in [1.54, 1.807) is 0 Å². The van der Waals surface area contributed by atoms with Gasteiger partial charge in [0.2, 0.25) is 0 Å². The van der Waals surface area contributed by atoms with E-state index in [2.05, 4.69) is 0 Å². The molecule has 0 amide bonds. The topological polar surface area (TPSA) is 100 Å². The molecule has 0 saturated carbocycles. The summed E-state index contributed by atoms with van der Waals surface area (Å²) in [5.74, 6) is -4.37. The predicted molar refractivity (Wildman–Crippen MR) is 18.0 cm³/mol. The Hall–Kier alpha value is -0.568. The molecule has 8 heavy (non-hydrogen) atoms.